The fourth-order valence-electron chi connectivity index (χ4n) is 3.73. The molecule has 0 saturated carbocycles. The van der Waals surface area contributed by atoms with E-state index >= 15 is 0 Å². The number of hydrogen-bond donors (Lipinski definition) is 1. The van der Waals surface area contributed by atoms with E-state index in [2.05, 4.69) is 35.2 Å². The van der Waals surface area contributed by atoms with E-state index in [0.717, 1.165) is 50.1 Å². The molecular weight excluding hydrogens is 336 g/mol. The maximum atomic E-state index is 12.5. The van der Waals surface area contributed by atoms with Crippen LogP contribution in [0.3, 0.4) is 0 Å². The summed E-state index contributed by atoms with van der Waals surface area (Å²) in [6, 6.07) is 18.2. The van der Waals surface area contributed by atoms with Crippen LogP contribution in [-0.4, -0.2) is 47.5 Å². The van der Waals surface area contributed by atoms with Crippen LogP contribution in [0.4, 0.5) is 0 Å². The first-order valence-corrected chi connectivity index (χ1v) is 9.83. The minimum absolute atomic E-state index is 0.0388. The van der Waals surface area contributed by atoms with Gasteiger partial charge in [0.1, 0.15) is 0 Å². The smallest absolute Gasteiger partial charge is 0.226 e. The normalized spacial score (nSPS) is 15.6. The van der Waals surface area contributed by atoms with Crippen LogP contribution in [0.15, 0.2) is 54.6 Å². The molecule has 0 spiro atoms. The molecule has 144 valence electrons. The molecule has 1 N–H and O–H groups in total. The van der Waals surface area contributed by atoms with Crippen LogP contribution in [0.1, 0.15) is 29.5 Å². The van der Waals surface area contributed by atoms with Gasteiger partial charge in [-0.05, 0) is 48.5 Å². The van der Waals surface area contributed by atoms with Crippen molar-refractivity contribution in [2.24, 2.45) is 5.92 Å². The van der Waals surface area contributed by atoms with Crippen molar-refractivity contribution >= 4 is 5.91 Å². The highest BCUT2D eigenvalue weighted by Gasteiger charge is 2.22. The van der Waals surface area contributed by atoms with E-state index in [1.807, 2.05) is 36.2 Å². The number of carbonyl (C=O) groups excluding carboxylic acids is 1. The third-order valence-corrected chi connectivity index (χ3v) is 5.47. The predicted octanol–water partition coefficient (Wildman–Crippen LogP) is 3.09. The number of hydrogen-bond acceptors (Lipinski definition) is 3. The summed E-state index contributed by atoms with van der Waals surface area (Å²) in [6.45, 7) is 4.10. The Balaban J connectivity index is 1.41. The SMILES string of the molecule is CN(CC1CCN(Cc2ccccc2)CC1)C(=O)Cc1ccc(CO)cc1. The van der Waals surface area contributed by atoms with E-state index in [4.69, 9.17) is 5.11 Å². The Hall–Kier alpha value is -2.17. The van der Waals surface area contributed by atoms with Crippen LogP contribution in [0.25, 0.3) is 0 Å². The first-order chi connectivity index (χ1) is 13.1. The van der Waals surface area contributed by atoms with Gasteiger partial charge in [0.2, 0.25) is 5.91 Å². The van der Waals surface area contributed by atoms with Crippen LogP contribution < -0.4 is 0 Å². The molecule has 2 aromatic rings. The van der Waals surface area contributed by atoms with Crippen molar-refractivity contribution in [1.29, 1.82) is 0 Å². The summed E-state index contributed by atoms with van der Waals surface area (Å²) in [5.74, 6) is 0.751. The summed E-state index contributed by atoms with van der Waals surface area (Å²) in [7, 11) is 1.92. The lowest BCUT2D eigenvalue weighted by Crippen LogP contribution is -2.39. The molecule has 0 unspecified atom stereocenters. The van der Waals surface area contributed by atoms with Gasteiger partial charge in [0.15, 0.2) is 0 Å². The topological polar surface area (TPSA) is 43.8 Å². The average Bonchev–Trinajstić information content (AvgIpc) is 2.71. The predicted molar refractivity (Wildman–Crippen MR) is 108 cm³/mol. The lowest BCUT2D eigenvalue weighted by atomic mass is 9.95. The first kappa shape index (κ1) is 19.6. The number of likely N-dealkylation sites (N-methyl/N-ethyl adjacent to an activating group) is 1. The number of piperidine rings is 1. The molecule has 4 nitrogen and oxygen atoms in total. The van der Waals surface area contributed by atoms with Gasteiger partial charge >= 0.3 is 0 Å². The van der Waals surface area contributed by atoms with Gasteiger partial charge in [-0.2, -0.15) is 0 Å². The van der Waals surface area contributed by atoms with Crippen molar-refractivity contribution in [3.63, 3.8) is 0 Å². The summed E-state index contributed by atoms with van der Waals surface area (Å²) in [4.78, 5) is 16.9. The number of benzene rings is 2. The van der Waals surface area contributed by atoms with Crippen molar-refractivity contribution in [1.82, 2.24) is 9.80 Å². The fraction of sp³-hybridized carbons (Fsp3) is 0.435. The second-order valence-corrected chi connectivity index (χ2v) is 7.63. The summed E-state index contributed by atoms with van der Waals surface area (Å²) < 4.78 is 0. The number of likely N-dealkylation sites (tertiary alicyclic amines) is 1. The summed E-state index contributed by atoms with van der Waals surface area (Å²) in [5, 5.41) is 9.10. The van der Waals surface area contributed by atoms with Gasteiger partial charge in [0.25, 0.3) is 0 Å². The van der Waals surface area contributed by atoms with Crippen LogP contribution >= 0.6 is 0 Å². The first-order valence-electron chi connectivity index (χ1n) is 9.83. The Morgan fingerprint density at radius 1 is 1.00 bits per heavy atom. The number of aliphatic hydroxyl groups is 1. The lowest BCUT2D eigenvalue weighted by Gasteiger charge is -2.34. The van der Waals surface area contributed by atoms with Crippen molar-refractivity contribution in [3.8, 4) is 0 Å². The Kier molecular flexibility index (Phi) is 7.02. The summed E-state index contributed by atoms with van der Waals surface area (Å²) in [6.07, 6.45) is 2.72. The quantitative estimate of drug-likeness (QED) is 0.819. The standard InChI is InChI=1S/C23H30N2O2/c1-24(23(27)15-19-7-9-22(18-26)10-8-19)16-21-11-13-25(14-12-21)17-20-5-3-2-4-6-20/h2-10,21,26H,11-18H2,1H3. The lowest BCUT2D eigenvalue weighted by molar-refractivity contribution is -0.129. The van der Waals surface area contributed by atoms with Crippen molar-refractivity contribution in [2.75, 3.05) is 26.7 Å². The molecular formula is C23H30N2O2. The summed E-state index contributed by atoms with van der Waals surface area (Å²) >= 11 is 0. The molecule has 1 aliphatic rings. The van der Waals surface area contributed by atoms with Gasteiger partial charge < -0.3 is 10.0 Å². The largest absolute Gasteiger partial charge is 0.392 e. The third kappa shape index (κ3) is 5.91. The van der Waals surface area contributed by atoms with E-state index in [-0.39, 0.29) is 12.5 Å². The monoisotopic (exact) mass is 366 g/mol. The molecule has 1 fully saturated rings. The van der Waals surface area contributed by atoms with Crippen molar-refractivity contribution in [2.45, 2.75) is 32.4 Å². The molecule has 1 amide bonds. The third-order valence-electron chi connectivity index (χ3n) is 5.47. The van der Waals surface area contributed by atoms with Gasteiger partial charge in [-0.1, -0.05) is 54.6 Å². The second-order valence-electron chi connectivity index (χ2n) is 7.63. The average molecular weight is 367 g/mol. The molecule has 0 aliphatic carbocycles. The zero-order valence-electron chi connectivity index (χ0n) is 16.2. The molecule has 1 saturated heterocycles. The number of amides is 1. The minimum Gasteiger partial charge on any atom is -0.392 e. The van der Waals surface area contributed by atoms with Gasteiger partial charge in [-0.3, -0.25) is 9.69 Å². The Morgan fingerprint density at radius 2 is 1.63 bits per heavy atom. The molecule has 0 radical (unpaired) electrons. The highest BCUT2D eigenvalue weighted by Crippen LogP contribution is 2.20. The van der Waals surface area contributed by atoms with Gasteiger partial charge in [-0.15, -0.1) is 0 Å². The van der Waals surface area contributed by atoms with Crippen molar-refractivity contribution in [3.05, 3.63) is 71.3 Å². The number of nitrogens with zero attached hydrogens (tertiary/aromatic N) is 2. The Morgan fingerprint density at radius 3 is 2.26 bits per heavy atom. The minimum atomic E-state index is 0.0388. The zero-order chi connectivity index (χ0) is 19.1. The van der Waals surface area contributed by atoms with E-state index in [0.29, 0.717) is 12.3 Å². The number of rotatable bonds is 7. The maximum absolute atomic E-state index is 12.5. The highest BCUT2D eigenvalue weighted by molar-refractivity contribution is 5.78. The van der Waals surface area contributed by atoms with E-state index in [9.17, 15) is 4.79 Å². The molecule has 1 aliphatic heterocycles. The Bertz CT molecular complexity index is 707. The van der Waals surface area contributed by atoms with Crippen LogP contribution in [-0.2, 0) is 24.4 Å². The summed E-state index contributed by atoms with van der Waals surface area (Å²) in [5.41, 5.74) is 3.25. The van der Waals surface area contributed by atoms with Crippen LogP contribution in [0.5, 0.6) is 0 Å². The molecule has 0 aromatic heterocycles. The molecule has 0 atom stereocenters. The van der Waals surface area contributed by atoms with Gasteiger partial charge in [0.05, 0.1) is 13.0 Å². The second kappa shape index (κ2) is 9.67. The molecule has 0 bridgehead atoms. The number of aliphatic hydroxyl groups excluding tert-OH is 1. The Labute approximate surface area is 162 Å². The molecule has 3 rings (SSSR count). The molecule has 1 heterocycles. The maximum Gasteiger partial charge on any atom is 0.226 e. The van der Waals surface area contributed by atoms with E-state index < -0.39 is 0 Å². The van der Waals surface area contributed by atoms with E-state index in [1.54, 1.807) is 0 Å². The van der Waals surface area contributed by atoms with Crippen molar-refractivity contribution < 1.29 is 9.90 Å². The highest BCUT2D eigenvalue weighted by atomic mass is 16.3. The molecule has 2 aromatic carbocycles. The zero-order valence-corrected chi connectivity index (χ0v) is 16.2. The van der Waals surface area contributed by atoms with Gasteiger partial charge in [0, 0.05) is 20.1 Å². The number of carbonyl (C=O) groups is 1. The fourth-order valence-corrected chi connectivity index (χ4v) is 3.73. The van der Waals surface area contributed by atoms with E-state index in [1.165, 1.54) is 5.56 Å². The molecule has 27 heavy (non-hydrogen) atoms. The van der Waals surface area contributed by atoms with Gasteiger partial charge in [-0.25, -0.2) is 0 Å². The molecule has 4 heteroatoms. The van der Waals surface area contributed by atoms with Crippen LogP contribution in [0, 0.1) is 5.92 Å². The van der Waals surface area contributed by atoms with Crippen LogP contribution in [0.2, 0.25) is 0 Å².